The molecular weight excluding hydrogens is 228 g/mol. The third-order valence-corrected chi connectivity index (χ3v) is 3.96. The maximum atomic E-state index is 5.49. The molecule has 3 unspecified atom stereocenters. The van der Waals surface area contributed by atoms with E-state index in [2.05, 4.69) is 31.0 Å². The zero-order valence-corrected chi connectivity index (χ0v) is 12.6. The molecule has 1 rings (SSSR count). The Morgan fingerprint density at radius 3 is 2.56 bits per heavy atom. The highest BCUT2D eigenvalue weighted by molar-refractivity contribution is 4.88. The Morgan fingerprint density at radius 2 is 2.06 bits per heavy atom. The van der Waals surface area contributed by atoms with Gasteiger partial charge in [0.2, 0.25) is 0 Å². The van der Waals surface area contributed by atoms with Crippen molar-refractivity contribution in [2.45, 2.75) is 45.4 Å². The van der Waals surface area contributed by atoms with Crippen LogP contribution >= 0.6 is 0 Å². The Hall–Kier alpha value is -0.160. The number of hydrogen-bond acceptors (Lipinski definition) is 4. The van der Waals surface area contributed by atoms with Crippen LogP contribution in [0.15, 0.2) is 0 Å². The van der Waals surface area contributed by atoms with E-state index in [0.717, 1.165) is 19.6 Å². The lowest BCUT2D eigenvalue weighted by Gasteiger charge is -2.42. The predicted octanol–water partition coefficient (Wildman–Crippen LogP) is 1.36. The predicted molar refractivity (Wildman–Crippen MR) is 75.0 cm³/mol. The van der Waals surface area contributed by atoms with Crippen LogP contribution in [0.25, 0.3) is 0 Å². The smallest absolute Gasteiger partial charge is 0.0931 e. The van der Waals surface area contributed by atoms with E-state index < -0.39 is 0 Å². The van der Waals surface area contributed by atoms with Crippen LogP contribution < -0.4 is 5.32 Å². The molecule has 0 spiro atoms. The van der Waals surface area contributed by atoms with Gasteiger partial charge in [-0.05, 0) is 12.3 Å². The SMILES string of the molecule is CCC1CNC(C(C)C)CN1CC(COC)OC. The normalized spacial score (nSPS) is 27.7. The molecule has 18 heavy (non-hydrogen) atoms. The minimum Gasteiger partial charge on any atom is -0.382 e. The average Bonchev–Trinajstić information content (AvgIpc) is 2.37. The molecule has 108 valence electrons. The molecule has 1 aliphatic heterocycles. The second-order valence-electron chi connectivity index (χ2n) is 5.59. The van der Waals surface area contributed by atoms with Crippen molar-refractivity contribution < 1.29 is 9.47 Å². The quantitative estimate of drug-likeness (QED) is 0.747. The van der Waals surface area contributed by atoms with Crippen molar-refractivity contribution >= 4 is 0 Å². The van der Waals surface area contributed by atoms with Gasteiger partial charge in [-0.25, -0.2) is 0 Å². The highest BCUT2D eigenvalue weighted by atomic mass is 16.5. The van der Waals surface area contributed by atoms with Crippen LogP contribution in [0.5, 0.6) is 0 Å². The summed E-state index contributed by atoms with van der Waals surface area (Å²) in [6.07, 6.45) is 1.36. The fourth-order valence-electron chi connectivity index (χ4n) is 2.60. The van der Waals surface area contributed by atoms with Gasteiger partial charge in [-0.15, -0.1) is 0 Å². The van der Waals surface area contributed by atoms with E-state index >= 15 is 0 Å². The molecule has 3 atom stereocenters. The van der Waals surface area contributed by atoms with Gasteiger partial charge in [-0.3, -0.25) is 4.90 Å². The van der Waals surface area contributed by atoms with Gasteiger partial charge in [0.25, 0.3) is 0 Å². The second kappa shape index (κ2) is 8.10. The van der Waals surface area contributed by atoms with Crippen LogP contribution in [-0.4, -0.2) is 63.5 Å². The zero-order chi connectivity index (χ0) is 13.5. The van der Waals surface area contributed by atoms with Crippen molar-refractivity contribution in [3.8, 4) is 0 Å². The number of nitrogens with zero attached hydrogens (tertiary/aromatic N) is 1. The molecule has 0 amide bonds. The summed E-state index contributed by atoms with van der Waals surface area (Å²) in [6.45, 7) is 10.7. The van der Waals surface area contributed by atoms with Gasteiger partial charge in [-0.1, -0.05) is 20.8 Å². The first-order valence-corrected chi connectivity index (χ1v) is 7.11. The number of rotatable bonds is 7. The molecule has 4 nitrogen and oxygen atoms in total. The summed E-state index contributed by atoms with van der Waals surface area (Å²) in [5, 5.41) is 3.66. The van der Waals surface area contributed by atoms with Crippen LogP contribution in [0.2, 0.25) is 0 Å². The molecule has 4 heteroatoms. The summed E-state index contributed by atoms with van der Waals surface area (Å²) in [4.78, 5) is 2.56. The van der Waals surface area contributed by atoms with E-state index in [1.54, 1.807) is 14.2 Å². The Balaban J connectivity index is 2.56. The van der Waals surface area contributed by atoms with Crippen LogP contribution in [0.4, 0.5) is 0 Å². The van der Waals surface area contributed by atoms with Crippen molar-refractivity contribution in [3.63, 3.8) is 0 Å². The molecule has 0 aromatic rings. The number of methoxy groups -OCH3 is 2. The first kappa shape index (κ1) is 15.9. The van der Waals surface area contributed by atoms with E-state index in [1.807, 2.05) is 0 Å². The molecule has 0 aromatic heterocycles. The van der Waals surface area contributed by atoms with Gasteiger partial charge in [0.05, 0.1) is 12.7 Å². The van der Waals surface area contributed by atoms with Crippen LogP contribution in [0.1, 0.15) is 27.2 Å². The number of piperazine rings is 1. The number of ether oxygens (including phenoxy) is 2. The summed E-state index contributed by atoms with van der Waals surface area (Å²) in [5.74, 6) is 0.675. The highest BCUT2D eigenvalue weighted by Gasteiger charge is 2.29. The molecule has 1 fully saturated rings. The first-order valence-electron chi connectivity index (χ1n) is 7.11. The lowest BCUT2D eigenvalue weighted by Crippen LogP contribution is -2.59. The average molecular weight is 258 g/mol. The Labute approximate surface area is 112 Å². The largest absolute Gasteiger partial charge is 0.382 e. The monoisotopic (exact) mass is 258 g/mol. The highest BCUT2D eigenvalue weighted by Crippen LogP contribution is 2.15. The maximum absolute atomic E-state index is 5.49. The fraction of sp³-hybridized carbons (Fsp3) is 1.00. The van der Waals surface area contributed by atoms with E-state index in [0.29, 0.717) is 24.6 Å². The Kier molecular flexibility index (Phi) is 7.15. The molecule has 0 aromatic carbocycles. The summed E-state index contributed by atoms with van der Waals surface area (Å²) >= 11 is 0. The van der Waals surface area contributed by atoms with Gasteiger partial charge in [0.1, 0.15) is 0 Å². The van der Waals surface area contributed by atoms with Crippen molar-refractivity contribution in [2.75, 3.05) is 40.5 Å². The summed E-state index contributed by atoms with van der Waals surface area (Å²) < 4.78 is 10.7. The zero-order valence-electron chi connectivity index (χ0n) is 12.6. The Morgan fingerprint density at radius 1 is 1.33 bits per heavy atom. The van der Waals surface area contributed by atoms with Crippen LogP contribution in [0, 0.1) is 5.92 Å². The van der Waals surface area contributed by atoms with Crippen molar-refractivity contribution in [1.29, 1.82) is 0 Å². The molecular formula is C14H30N2O2. The van der Waals surface area contributed by atoms with Gasteiger partial charge in [0, 0.05) is 45.9 Å². The second-order valence-corrected chi connectivity index (χ2v) is 5.59. The molecule has 1 aliphatic rings. The van der Waals surface area contributed by atoms with Crippen molar-refractivity contribution in [3.05, 3.63) is 0 Å². The molecule has 0 radical (unpaired) electrons. The van der Waals surface area contributed by atoms with Crippen molar-refractivity contribution in [2.24, 2.45) is 5.92 Å². The van der Waals surface area contributed by atoms with E-state index in [1.165, 1.54) is 6.42 Å². The molecule has 1 N–H and O–H groups in total. The van der Waals surface area contributed by atoms with Crippen molar-refractivity contribution in [1.82, 2.24) is 10.2 Å². The number of nitrogens with one attached hydrogen (secondary N) is 1. The molecule has 0 saturated carbocycles. The minimum absolute atomic E-state index is 0.176. The Bertz CT molecular complexity index is 224. The van der Waals surface area contributed by atoms with Crippen LogP contribution in [0.3, 0.4) is 0 Å². The molecule has 0 bridgehead atoms. The summed E-state index contributed by atoms with van der Waals surface area (Å²) in [5.41, 5.74) is 0. The van der Waals surface area contributed by atoms with Gasteiger partial charge >= 0.3 is 0 Å². The topological polar surface area (TPSA) is 33.7 Å². The maximum Gasteiger partial charge on any atom is 0.0931 e. The number of hydrogen-bond donors (Lipinski definition) is 1. The summed E-state index contributed by atoms with van der Waals surface area (Å²) in [6, 6.07) is 1.21. The van der Waals surface area contributed by atoms with Gasteiger partial charge < -0.3 is 14.8 Å². The van der Waals surface area contributed by atoms with E-state index in [-0.39, 0.29) is 6.10 Å². The van der Waals surface area contributed by atoms with Gasteiger partial charge in [0.15, 0.2) is 0 Å². The lowest BCUT2D eigenvalue weighted by molar-refractivity contribution is -0.0135. The standard InChI is InChI=1S/C14H30N2O2/c1-6-12-7-15-14(11(2)3)9-16(12)8-13(18-5)10-17-4/h11-15H,6-10H2,1-5H3. The van der Waals surface area contributed by atoms with E-state index in [4.69, 9.17) is 9.47 Å². The summed E-state index contributed by atoms with van der Waals surface area (Å²) in [7, 11) is 3.50. The molecule has 1 saturated heterocycles. The molecule has 0 aliphatic carbocycles. The third-order valence-electron chi connectivity index (χ3n) is 3.96. The fourth-order valence-corrected chi connectivity index (χ4v) is 2.60. The minimum atomic E-state index is 0.176. The van der Waals surface area contributed by atoms with E-state index in [9.17, 15) is 0 Å². The third kappa shape index (κ3) is 4.50. The molecule has 1 heterocycles. The lowest BCUT2D eigenvalue weighted by atomic mass is 9.98. The first-order chi connectivity index (χ1) is 8.62. The van der Waals surface area contributed by atoms with Crippen LogP contribution in [-0.2, 0) is 9.47 Å². The van der Waals surface area contributed by atoms with Gasteiger partial charge in [-0.2, -0.15) is 0 Å².